The van der Waals surface area contributed by atoms with Crippen LogP contribution in [0.3, 0.4) is 0 Å². The van der Waals surface area contributed by atoms with Crippen LogP contribution in [0.15, 0.2) is 41.3 Å². The summed E-state index contributed by atoms with van der Waals surface area (Å²) in [6.45, 7) is 1.34. The molecule has 8 nitrogen and oxygen atoms in total. The minimum absolute atomic E-state index is 0.0609. The number of nitrogens with one attached hydrogen (secondary N) is 1. The lowest BCUT2D eigenvalue weighted by atomic mass is 10.2. The Kier molecular flexibility index (Phi) is 6.89. The van der Waals surface area contributed by atoms with Crippen LogP contribution in [0.2, 0.25) is 10.0 Å². The molecular weight excluding hydrogens is 431 g/mol. The Morgan fingerprint density at radius 1 is 1.14 bits per heavy atom. The van der Waals surface area contributed by atoms with Gasteiger partial charge in [-0.15, -0.1) is 0 Å². The van der Waals surface area contributed by atoms with Crippen molar-refractivity contribution < 1.29 is 27.5 Å². The van der Waals surface area contributed by atoms with Crippen molar-refractivity contribution >= 4 is 50.8 Å². The van der Waals surface area contributed by atoms with Crippen LogP contribution in [0.4, 0.5) is 5.69 Å². The van der Waals surface area contributed by atoms with Crippen molar-refractivity contribution in [3.8, 4) is 5.75 Å². The van der Waals surface area contributed by atoms with Crippen LogP contribution in [0.5, 0.6) is 5.75 Å². The second-order valence-corrected chi connectivity index (χ2v) is 7.97. The van der Waals surface area contributed by atoms with E-state index in [0.29, 0.717) is 5.02 Å². The number of nitrogens with two attached hydrogens (primary N) is 1. The van der Waals surface area contributed by atoms with Gasteiger partial charge in [0.15, 0.2) is 6.10 Å². The van der Waals surface area contributed by atoms with Crippen LogP contribution in [0.1, 0.15) is 17.3 Å². The number of benzene rings is 2. The molecule has 2 aromatic carbocycles. The van der Waals surface area contributed by atoms with Crippen molar-refractivity contribution in [1.82, 2.24) is 0 Å². The molecule has 150 valence electrons. The zero-order chi connectivity index (χ0) is 21.1. The van der Waals surface area contributed by atoms with E-state index in [9.17, 15) is 18.0 Å². The lowest BCUT2D eigenvalue weighted by molar-refractivity contribution is -0.123. The monoisotopic (exact) mass is 446 g/mol. The standard InChI is InChI=1S/C17H16Cl2N2O6S/c1-9(16(22)21-14-5-3-10(18)7-13(14)19)27-17(23)12-8-11(28(20,24)25)4-6-15(12)26-2/h3-9H,1-2H3,(H,21,22)(H2,20,24,25). The summed E-state index contributed by atoms with van der Waals surface area (Å²) in [6.07, 6.45) is -1.22. The van der Waals surface area contributed by atoms with Gasteiger partial charge >= 0.3 is 5.97 Å². The second-order valence-electron chi connectivity index (χ2n) is 5.57. The largest absolute Gasteiger partial charge is 0.496 e. The van der Waals surface area contributed by atoms with Gasteiger partial charge in [0.2, 0.25) is 10.0 Å². The maximum atomic E-state index is 12.4. The van der Waals surface area contributed by atoms with Crippen molar-refractivity contribution in [2.45, 2.75) is 17.9 Å². The molecule has 1 amide bonds. The van der Waals surface area contributed by atoms with Gasteiger partial charge in [-0.05, 0) is 43.3 Å². The lowest BCUT2D eigenvalue weighted by Gasteiger charge is -2.16. The van der Waals surface area contributed by atoms with Crippen LogP contribution < -0.4 is 15.2 Å². The molecule has 0 aliphatic carbocycles. The number of hydrogen-bond acceptors (Lipinski definition) is 6. The maximum Gasteiger partial charge on any atom is 0.342 e. The highest BCUT2D eigenvalue weighted by Crippen LogP contribution is 2.26. The fourth-order valence-corrected chi connectivity index (χ4v) is 3.12. The number of esters is 1. The fourth-order valence-electron chi connectivity index (χ4n) is 2.13. The molecule has 28 heavy (non-hydrogen) atoms. The van der Waals surface area contributed by atoms with E-state index in [-0.39, 0.29) is 26.9 Å². The van der Waals surface area contributed by atoms with Gasteiger partial charge in [-0.25, -0.2) is 18.4 Å². The number of anilines is 1. The van der Waals surface area contributed by atoms with Gasteiger partial charge in [0.1, 0.15) is 11.3 Å². The molecule has 0 spiro atoms. The Hall–Kier alpha value is -2.33. The molecule has 0 radical (unpaired) electrons. The molecule has 0 bridgehead atoms. The summed E-state index contributed by atoms with van der Waals surface area (Å²) >= 11 is 11.8. The van der Waals surface area contributed by atoms with Gasteiger partial charge in [-0.1, -0.05) is 23.2 Å². The van der Waals surface area contributed by atoms with Gasteiger partial charge in [-0.3, -0.25) is 4.79 Å². The third-order valence-electron chi connectivity index (χ3n) is 3.56. The molecule has 0 saturated carbocycles. The van der Waals surface area contributed by atoms with E-state index in [0.717, 1.165) is 6.07 Å². The fraction of sp³-hybridized carbons (Fsp3) is 0.176. The van der Waals surface area contributed by atoms with Crippen LogP contribution in [-0.4, -0.2) is 33.5 Å². The topological polar surface area (TPSA) is 125 Å². The van der Waals surface area contributed by atoms with Crippen molar-refractivity contribution in [2.75, 3.05) is 12.4 Å². The highest BCUT2D eigenvalue weighted by Gasteiger charge is 2.23. The number of hydrogen-bond donors (Lipinski definition) is 2. The Balaban J connectivity index is 2.18. The minimum atomic E-state index is -4.05. The summed E-state index contributed by atoms with van der Waals surface area (Å²) in [5.41, 5.74) is 0.0889. The summed E-state index contributed by atoms with van der Waals surface area (Å²) in [5.74, 6) is -1.56. The molecular formula is C17H16Cl2N2O6S. The highest BCUT2D eigenvalue weighted by atomic mass is 35.5. The molecule has 2 aromatic rings. The van der Waals surface area contributed by atoms with Crippen molar-refractivity contribution in [3.05, 3.63) is 52.0 Å². The Bertz CT molecular complexity index is 1030. The average molecular weight is 447 g/mol. The summed E-state index contributed by atoms with van der Waals surface area (Å²) in [6, 6.07) is 7.92. The molecule has 0 aromatic heterocycles. The number of amides is 1. The molecule has 1 atom stereocenters. The first kappa shape index (κ1) is 22.0. The SMILES string of the molecule is COc1ccc(S(N)(=O)=O)cc1C(=O)OC(C)C(=O)Nc1ccc(Cl)cc1Cl. The van der Waals surface area contributed by atoms with Crippen LogP contribution >= 0.6 is 23.2 Å². The van der Waals surface area contributed by atoms with Crippen LogP contribution in [0.25, 0.3) is 0 Å². The molecule has 3 N–H and O–H groups in total. The van der Waals surface area contributed by atoms with E-state index in [2.05, 4.69) is 5.32 Å². The van der Waals surface area contributed by atoms with Crippen LogP contribution in [0, 0.1) is 0 Å². The molecule has 0 heterocycles. The number of carbonyl (C=O) groups is 2. The van der Waals surface area contributed by atoms with Crippen molar-refractivity contribution in [1.29, 1.82) is 0 Å². The smallest absolute Gasteiger partial charge is 0.342 e. The molecule has 0 aliphatic rings. The zero-order valence-electron chi connectivity index (χ0n) is 14.7. The predicted octanol–water partition coefficient (Wildman–Crippen LogP) is 2.83. The van der Waals surface area contributed by atoms with E-state index in [1.807, 2.05) is 0 Å². The molecule has 0 fully saturated rings. The predicted molar refractivity (Wildman–Crippen MR) is 104 cm³/mol. The van der Waals surface area contributed by atoms with Crippen molar-refractivity contribution in [2.24, 2.45) is 5.14 Å². The first-order valence-corrected chi connectivity index (χ1v) is 10.0. The number of carbonyl (C=O) groups excluding carboxylic acids is 2. The Labute approximate surface area is 171 Å². The molecule has 1 unspecified atom stereocenters. The number of halogens is 2. The molecule has 0 saturated heterocycles. The van der Waals surface area contributed by atoms with E-state index >= 15 is 0 Å². The highest BCUT2D eigenvalue weighted by molar-refractivity contribution is 7.89. The van der Waals surface area contributed by atoms with E-state index < -0.39 is 28.0 Å². The first-order valence-electron chi connectivity index (χ1n) is 7.70. The maximum absolute atomic E-state index is 12.4. The van der Waals surface area contributed by atoms with Gasteiger partial charge in [0.05, 0.1) is 22.7 Å². The Morgan fingerprint density at radius 3 is 2.39 bits per heavy atom. The van der Waals surface area contributed by atoms with Gasteiger partial charge in [0.25, 0.3) is 5.91 Å². The molecule has 2 rings (SSSR count). The number of primary sulfonamides is 1. The quantitative estimate of drug-likeness (QED) is 0.657. The number of rotatable bonds is 6. The van der Waals surface area contributed by atoms with E-state index in [4.69, 9.17) is 37.8 Å². The lowest BCUT2D eigenvalue weighted by Crippen LogP contribution is -2.30. The normalized spacial score (nSPS) is 12.2. The van der Waals surface area contributed by atoms with E-state index in [1.54, 1.807) is 0 Å². The van der Waals surface area contributed by atoms with Crippen molar-refractivity contribution in [3.63, 3.8) is 0 Å². The number of ether oxygens (including phenoxy) is 2. The zero-order valence-corrected chi connectivity index (χ0v) is 17.1. The summed E-state index contributed by atoms with van der Waals surface area (Å²) in [5, 5.41) is 8.18. The average Bonchev–Trinajstić information content (AvgIpc) is 2.62. The number of methoxy groups -OCH3 is 1. The molecule has 0 aliphatic heterocycles. The van der Waals surface area contributed by atoms with Gasteiger partial charge in [0, 0.05) is 5.02 Å². The van der Waals surface area contributed by atoms with Gasteiger partial charge < -0.3 is 14.8 Å². The summed E-state index contributed by atoms with van der Waals surface area (Å²) < 4.78 is 33.1. The third-order valence-corrected chi connectivity index (χ3v) is 5.02. The Morgan fingerprint density at radius 2 is 1.82 bits per heavy atom. The third kappa shape index (κ3) is 5.35. The minimum Gasteiger partial charge on any atom is -0.496 e. The van der Waals surface area contributed by atoms with Gasteiger partial charge in [-0.2, -0.15) is 0 Å². The summed E-state index contributed by atoms with van der Waals surface area (Å²) in [7, 11) is -2.75. The summed E-state index contributed by atoms with van der Waals surface area (Å²) in [4.78, 5) is 24.4. The van der Waals surface area contributed by atoms with Crippen LogP contribution in [-0.2, 0) is 19.6 Å². The number of sulfonamides is 1. The second kappa shape index (κ2) is 8.78. The first-order chi connectivity index (χ1) is 13.0. The van der Waals surface area contributed by atoms with E-state index in [1.165, 1.54) is 44.4 Å². The molecule has 11 heteroatoms.